The van der Waals surface area contributed by atoms with Gasteiger partial charge in [0.15, 0.2) is 0 Å². The lowest BCUT2D eigenvalue weighted by Crippen LogP contribution is -2.59. The molecule has 0 unspecified atom stereocenters. The Bertz CT molecular complexity index is 286. The molecule has 2 heteroatoms. The second kappa shape index (κ2) is 5.37. The normalized spacial score (nSPS) is 28.9. The minimum Gasteiger partial charge on any atom is -0.329 e. The maximum absolute atomic E-state index is 6.18. The van der Waals surface area contributed by atoms with Gasteiger partial charge in [-0.3, -0.25) is 0 Å². The van der Waals surface area contributed by atoms with Crippen molar-refractivity contribution in [3.05, 3.63) is 0 Å². The van der Waals surface area contributed by atoms with Crippen molar-refractivity contribution >= 4 is 0 Å². The molecular weight excluding hydrogens is 232 g/mol. The molecule has 0 aliphatic heterocycles. The van der Waals surface area contributed by atoms with E-state index in [0.29, 0.717) is 10.8 Å². The van der Waals surface area contributed by atoms with Crippen LogP contribution in [0.5, 0.6) is 0 Å². The monoisotopic (exact) mass is 266 g/mol. The van der Waals surface area contributed by atoms with Crippen LogP contribution >= 0.6 is 0 Å². The van der Waals surface area contributed by atoms with Crippen molar-refractivity contribution < 1.29 is 0 Å². The van der Waals surface area contributed by atoms with E-state index in [-0.39, 0.29) is 5.54 Å². The van der Waals surface area contributed by atoms with Gasteiger partial charge in [-0.15, -0.1) is 0 Å². The minimum absolute atomic E-state index is 0.176. The van der Waals surface area contributed by atoms with Crippen LogP contribution in [0, 0.1) is 16.7 Å². The molecule has 0 saturated heterocycles. The van der Waals surface area contributed by atoms with Gasteiger partial charge in [0.25, 0.3) is 0 Å². The van der Waals surface area contributed by atoms with Crippen LogP contribution in [0.15, 0.2) is 0 Å². The van der Waals surface area contributed by atoms with Crippen molar-refractivity contribution in [3.8, 4) is 0 Å². The molecule has 0 aromatic heterocycles. The average Bonchev–Trinajstić information content (AvgIpc) is 2.17. The topological polar surface area (TPSA) is 38.0 Å². The van der Waals surface area contributed by atoms with Crippen molar-refractivity contribution in [2.75, 3.05) is 13.1 Å². The molecule has 112 valence electrons. The van der Waals surface area contributed by atoms with Gasteiger partial charge >= 0.3 is 0 Å². The van der Waals surface area contributed by atoms with E-state index < -0.39 is 0 Å². The number of hydrogen-bond acceptors (Lipinski definition) is 2. The highest BCUT2D eigenvalue weighted by Crippen LogP contribution is 2.49. The molecule has 0 aromatic carbocycles. The third-order valence-electron chi connectivity index (χ3n) is 5.26. The average molecular weight is 266 g/mol. The first-order valence-electron chi connectivity index (χ1n) is 8.21. The summed E-state index contributed by atoms with van der Waals surface area (Å²) in [6.07, 6.45) is 9.47. The molecule has 2 fully saturated rings. The van der Waals surface area contributed by atoms with Crippen molar-refractivity contribution in [2.45, 2.75) is 78.2 Å². The number of nitrogens with one attached hydrogen (secondary N) is 1. The molecule has 0 bridgehead atoms. The molecule has 2 saturated carbocycles. The van der Waals surface area contributed by atoms with E-state index >= 15 is 0 Å². The Labute approximate surface area is 119 Å². The first kappa shape index (κ1) is 15.3. The molecule has 0 amide bonds. The van der Waals surface area contributed by atoms with E-state index in [1.165, 1.54) is 44.9 Å². The quantitative estimate of drug-likeness (QED) is 0.796. The summed E-state index contributed by atoms with van der Waals surface area (Å²) in [7, 11) is 0. The van der Waals surface area contributed by atoms with E-state index in [2.05, 4.69) is 33.0 Å². The molecule has 2 nitrogen and oxygen atoms in total. The zero-order valence-corrected chi connectivity index (χ0v) is 13.5. The lowest BCUT2D eigenvalue weighted by molar-refractivity contribution is 0.0313. The summed E-state index contributed by atoms with van der Waals surface area (Å²) < 4.78 is 0. The standard InChI is InChI=1S/C17H34N2/c1-15(2)10-16(3,4)12-17(11-15,13-18)19-9-8-14-6-5-7-14/h14,19H,5-13,18H2,1-4H3. The van der Waals surface area contributed by atoms with Crippen molar-refractivity contribution in [2.24, 2.45) is 22.5 Å². The van der Waals surface area contributed by atoms with Crippen molar-refractivity contribution in [3.63, 3.8) is 0 Å². The van der Waals surface area contributed by atoms with Crippen LogP contribution in [0.3, 0.4) is 0 Å². The molecule has 0 aromatic rings. The van der Waals surface area contributed by atoms with Gasteiger partial charge in [-0.2, -0.15) is 0 Å². The molecule has 3 N–H and O–H groups in total. The van der Waals surface area contributed by atoms with Gasteiger partial charge in [0.05, 0.1) is 0 Å². The number of nitrogens with two attached hydrogens (primary N) is 1. The van der Waals surface area contributed by atoms with Gasteiger partial charge in [-0.1, -0.05) is 47.0 Å². The second-order valence-electron chi connectivity index (χ2n) is 8.86. The molecule has 0 spiro atoms. The maximum Gasteiger partial charge on any atom is 0.0314 e. The number of hydrogen-bond donors (Lipinski definition) is 2. The third kappa shape index (κ3) is 3.95. The Morgan fingerprint density at radius 3 is 2.00 bits per heavy atom. The molecule has 0 heterocycles. The maximum atomic E-state index is 6.18. The van der Waals surface area contributed by atoms with Crippen LogP contribution < -0.4 is 11.1 Å². The Kier molecular flexibility index (Phi) is 4.32. The van der Waals surface area contributed by atoms with E-state index in [1.807, 2.05) is 0 Å². The van der Waals surface area contributed by atoms with Crippen LogP contribution in [0.4, 0.5) is 0 Å². The van der Waals surface area contributed by atoms with Gasteiger partial charge in [0, 0.05) is 12.1 Å². The van der Waals surface area contributed by atoms with E-state index in [4.69, 9.17) is 5.73 Å². The molecule has 0 atom stereocenters. The highest BCUT2D eigenvalue weighted by Gasteiger charge is 2.46. The van der Waals surface area contributed by atoms with Gasteiger partial charge in [-0.05, 0) is 49.0 Å². The van der Waals surface area contributed by atoms with Crippen LogP contribution in [-0.4, -0.2) is 18.6 Å². The predicted octanol–water partition coefficient (Wildman–Crippen LogP) is 3.70. The SMILES string of the molecule is CC1(C)CC(C)(C)CC(CN)(NCCC2CCC2)C1. The fourth-order valence-electron chi connectivity index (χ4n) is 4.98. The van der Waals surface area contributed by atoms with Crippen LogP contribution in [-0.2, 0) is 0 Å². The predicted molar refractivity (Wildman–Crippen MR) is 83.2 cm³/mol. The van der Waals surface area contributed by atoms with Crippen LogP contribution in [0.25, 0.3) is 0 Å². The molecule has 0 radical (unpaired) electrons. The Balaban J connectivity index is 1.94. The van der Waals surface area contributed by atoms with Gasteiger partial charge < -0.3 is 11.1 Å². The summed E-state index contributed by atoms with van der Waals surface area (Å²) in [5.74, 6) is 0.993. The van der Waals surface area contributed by atoms with Crippen LogP contribution in [0.2, 0.25) is 0 Å². The van der Waals surface area contributed by atoms with Gasteiger partial charge in [0.1, 0.15) is 0 Å². The highest BCUT2D eigenvalue weighted by molar-refractivity contribution is 5.03. The summed E-state index contributed by atoms with van der Waals surface area (Å²) in [5.41, 5.74) is 7.17. The largest absolute Gasteiger partial charge is 0.329 e. The van der Waals surface area contributed by atoms with E-state index in [1.54, 1.807) is 0 Å². The summed E-state index contributed by atoms with van der Waals surface area (Å²) in [6.45, 7) is 11.6. The fourth-order valence-corrected chi connectivity index (χ4v) is 4.98. The zero-order valence-electron chi connectivity index (χ0n) is 13.5. The molecule has 2 aliphatic rings. The van der Waals surface area contributed by atoms with Crippen LogP contribution in [0.1, 0.15) is 72.6 Å². The smallest absolute Gasteiger partial charge is 0.0314 e. The Morgan fingerprint density at radius 2 is 1.58 bits per heavy atom. The molecular formula is C17H34N2. The van der Waals surface area contributed by atoms with Gasteiger partial charge in [0.2, 0.25) is 0 Å². The summed E-state index contributed by atoms with van der Waals surface area (Å²) >= 11 is 0. The lowest BCUT2D eigenvalue weighted by Gasteiger charge is -2.52. The highest BCUT2D eigenvalue weighted by atomic mass is 15.0. The van der Waals surface area contributed by atoms with E-state index in [9.17, 15) is 0 Å². The lowest BCUT2D eigenvalue weighted by atomic mass is 9.58. The Morgan fingerprint density at radius 1 is 1.00 bits per heavy atom. The van der Waals surface area contributed by atoms with Gasteiger partial charge in [-0.25, -0.2) is 0 Å². The molecule has 2 rings (SSSR count). The second-order valence-corrected chi connectivity index (χ2v) is 8.86. The first-order chi connectivity index (χ1) is 8.76. The molecule has 2 aliphatic carbocycles. The summed E-state index contributed by atoms with van der Waals surface area (Å²) in [5, 5.41) is 3.87. The molecule has 19 heavy (non-hydrogen) atoms. The minimum atomic E-state index is 0.176. The summed E-state index contributed by atoms with van der Waals surface area (Å²) in [6, 6.07) is 0. The van der Waals surface area contributed by atoms with Crippen molar-refractivity contribution in [1.82, 2.24) is 5.32 Å². The Hall–Kier alpha value is -0.0800. The first-order valence-corrected chi connectivity index (χ1v) is 8.21. The fraction of sp³-hybridized carbons (Fsp3) is 1.00. The number of rotatable bonds is 5. The van der Waals surface area contributed by atoms with Crippen molar-refractivity contribution in [1.29, 1.82) is 0 Å². The van der Waals surface area contributed by atoms with E-state index in [0.717, 1.165) is 19.0 Å². The third-order valence-corrected chi connectivity index (χ3v) is 5.26. The zero-order chi connectivity index (χ0) is 14.1. The summed E-state index contributed by atoms with van der Waals surface area (Å²) in [4.78, 5) is 0.